The summed E-state index contributed by atoms with van der Waals surface area (Å²) in [5.74, 6) is 2.11. The molecule has 0 saturated carbocycles. The third-order valence-corrected chi connectivity index (χ3v) is 10.9. The van der Waals surface area contributed by atoms with Crippen LogP contribution in [0.1, 0.15) is 57.3 Å². The minimum Gasteiger partial charge on any atom is -0.497 e. The van der Waals surface area contributed by atoms with Crippen LogP contribution in [0.2, 0.25) is 0 Å². The molecule has 4 aliphatic rings. The number of nitrogens with zero attached hydrogens (tertiary/aromatic N) is 3. The number of piperazine rings is 1. The summed E-state index contributed by atoms with van der Waals surface area (Å²) in [6.45, 7) is 8.05. The molecule has 2 unspecified atom stereocenters. The van der Waals surface area contributed by atoms with E-state index < -0.39 is 0 Å². The van der Waals surface area contributed by atoms with Crippen molar-refractivity contribution in [2.45, 2.75) is 31.2 Å². The van der Waals surface area contributed by atoms with E-state index in [0.29, 0.717) is 24.8 Å². The average Bonchev–Trinajstić information content (AvgIpc) is 3.51. The molecule has 8 rings (SSSR count). The number of methoxy groups -OCH3 is 1. The Bertz CT molecular complexity index is 1780. The number of hydrogen-bond donors (Lipinski definition) is 1. The lowest BCUT2D eigenvalue weighted by Crippen LogP contribution is -2.49. The van der Waals surface area contributed by atoms with Gasteiger partial charge in [0.1, 0.15) is 17.3 Å². The monoisotopic (exact) mass is 646 g/mol. The van der Waals surface area contributed by atoms with Gasteiger partial charge in [-0.2, -0.15) is 0 Å². The summed E-state index contributed by atoms with van der Waals surface area (Å²) in [5, 5.41) is 2.92. The lowest BCUT2D eigenvalue weighted by Gasteiger charge is -2.40. The molecule has 8 heteroatoms. The number of carbonyl (C=O) groups excluding carboxylic acids is 1. The zero-order valence-electron chi connectivity index (χ0n) is 27.5. The molecule has 4 aliphatic heterocycles. The van der Waals surface area contributed by atoms with Crippen molar-refractivity contribution in [3.63, 3.8) is 0 Å². The van der Waals surface area contributed by atoms with Crippen molar-refractivity contribution < 1.29 is 18.7 Å². The summed E-state index contributed by atoms with van der Waals surface area (Å²) in [4.78, 5) is 19.2. The smallest absolute Gasteiger partial charge is 0.251 e. The Morgan fingerprint density at radius 1 is 0.854 bits per heavy atom. The van der Waals surface area contributed by atoms with Gasteiger partial charge in [0.2, 0.25) is 0 Å². The van der Waals surface area contributed by atoms with Crippen LogP contribution in [0.25, 0.3) is 0 Å². The predicted octanol–water partition coefficient (Wildman–Crippen LogP) is 6.42. The van der Waals surface area contributed by atoms with Gasteiger partial charge >= 0.3 is 0 Å². The van der Waals surface area contributed by atoms with Crippen molar-refractivity contribution in [1.82, 2.24) is 10.2 Å². The molecule has 4 aromatic rings. The minimum atomic E-state index is -0.151. The Morgan fingerprint density at radius 3 is 2.44 bits per heavy atom. The summed E-state index contributed by atoms with van der Waals surface area (Å²) in [6.07, 6.45) is 2.14. The fraction of sp³-hybridized carbons (Fsp3) is 0.375. The molecule has 0 spiro atoms. The van der Waals surface area contributed by atoms with E-state index in [4.69, 9.17) is 9.47 Å². The first-order valence-electron chi connectivity index (χ1n) is 17.3. The highest BCUT2D eigenvalue weighted by molar-refractivity contribution is 5.98. The largest absolute Gasteiger partial charge is 0.497 e. The molecule has 1 N–H and O–H groups in total. The van der Waals surface area contributed by atoms with Gasteiger partial charge in [0.15, 0.2) is 0 Å². The molecule has 2 atom stereocenters. The highest BCUT2D eigenvalue weighted by atomic mass is 19.1. The first kappa shape index (κ1) is 30.8. The van der Waals surface area contributed by atoms with E-state index in [1.54, 1.807) is 13.2 Å². The van der Waals surface area contributed by atoms with Crippen LogP contribution in [0.4, 0.5) is 15.8 Å². The third kappa shape index (κ3) is 5.98. The molecular formula is C40H43FN4O3. The summed E-state index contributed by atoms with van der Waals surface area (Å²) in [6, 6.07) is 28.5. The lowest BCUT2D eigenvalue weighted by molar-refractivity contribution is 0.0965. The maximum atomic E-state index is 16.0. The van der Waals surface area contributed by atoms with Crippen LogP contribution in [0.3, 0.4) is 0 Å². The number of piperidine rings is 1. The number of nitrogens with one attached hydrogen (secondary N) is 1. The first-order valence-corrected chi connectivity index (χ1v) is 17.3. The van der Waals surface area contributed by atoms with Crippen LogP contribution in [-0.4, -0.2) is 70.3 Å². The number of benzene rings is 4. The normalized spacial score (nSPS) is 21.3. The zero-order valence-corrected chi connectivity index (χ0v) is 27.5. The lowest BCUT2D eigenvalue weighted by atomic mass is 9.76. The molecule has 7 nitrogen and oxygen atoms in total. The fourth-order valence-electron chi connectivity index (χ4n) is 8.22. The van der Waals surface area contributed by atoms with E-state index in [1.807, 2.05) is 30.3 Å². The van der Waals surface area contributed by atoms with E-state index >= 15 is 4.39 Å². The molecule has 48 heavy (non-hydrogen) atoms. The van der Waals surface area contributed by atoms with E-state index in [-0.39, 0.29) is 23.6 Å². The van der Waals surface area contributed by atoms with Gasteiger partial charge in [-0.05, 0) is 71.8 Å². The van der Waals surface area contributed by atoms with Crippen molar-refractivity contribution in [2.75, 3.05) is 69.3 Å². The molecule has 2 saturated heterocycles. The number of hydrogen-bond acceptors (Lipinski definition) is 6. The second-order valence-electron chi connectivity index (χ2n) is 13.7. The van der Waals surface area contributed by atoms with E-state index in [1.165, 1.54) is 11.3 Å². The highest BCUT2D eigenvalue weighted by Crippen LogP contribution is 2.47. The van der Waals surface area contributed by atoms with Crippen LogP contribution in [-0.2, 0) is 6.54 Å². The van der Waals surface area contributed by atoms with Gasteiger partial charge in [0.05, 0.1) is 19.4 Å². The maximum Gasteiger partial charge on any atom is 0.251 e. The van der Waals surface area contributed by atoms with Crippen molar-refractivity contribution in [2.24, 2.45) is 5.92 Å². The molecule has 0 radical (unpaired) electrons. The number of rotatable bonds is 7. The summed E-state index contributed by atoms with van der Waals surface area (Å²) in [7, 11) is 1.66. The van der Waals surface area contributed by atoms with Gasteiger partial charge in [-0.3, -0.25) is 9.69 Å². The second kappa shape index (κ2) is 13.2. The van der Waals surface area contributed by atoms with Crippen LogP contribution in [0.15, 0.2) is 84.9 Å². The van der Waals surface area contributed by atoms with Crippen LogP contribution >= 0.6 is 0 Å². The van der Waals surface area contributed by atoms with Crippen molar-refractivity contribution >= 4 is 17.3 Å². The van der Waals surface area contributed by atoms with Crippen molar-refractivity contribution in [1.29, 1.82) is 0 Å². The van der Waals surface area contributed by atoms with E-state index in [9.17, 15) is 4.79 Å². The van der Waals surface area contributed by atoms with Gasteiger partial charge in [0.25, 0.3) is 5.91 Å². The molecule has 4 aromatic carbocycles. The molecule has 1 amide bonds. The number of halogens is 1. The summed E-state index contributed by atoms with van der Waals surface area (Å²) in [5.41, 5.74) is 7.05. The number of ether oxygens (including phenoxy) is 2. The molecule has 0 bridgehead atoms. The van der Waals surface area contributed by atoms with Gasteiger partial charge in [0, 0.05) is 87.1 Å². The number of fused-ring (bicyclic) bond motifs is 2. The second-order valence-corrected chi connectivity index (χ2v) is 13.7. The fourth-order valence-corrected chi connectivity index (χ4v) is 8.22. The number of anilines is 2. The molecule has 0 aromatic heterocycles. The molecule has 4 heterocycles. The van der Waals surface area contributed by atoms with Crippen molar-refractivity contribution in [3.05, 3.63) is 119 Å². The molecular weight excluding hydrogens is 603 g/mol. The maximum absolute atomic E-state index is 16.0. The average molecular weight is 647 g/mol. The van der Waals surface area contributed by atoms with Crippen molar-refractivity contribution in [3.8, 4) is 11.5 Å². The number of amides is 1. The van der Waals surface area contributed by atoms with E-state index in [0.717, 1.165) is 92.4 Å². The highest BCUT2D eigenvalue weighted by Gasteiger charge is 2.35. The minimum absolute atomic E-state index is 0.0271. The quantitative estimate of drug-likeness (QED) is 0.250. The Hall–Kier alpha value is -4.56. The van der Waals surface area contributed by atoms with Gasteiger partial charge in [-0.1, -0.05) is 42.5 Å². The molecule has 0 aliphatic carbocycles. The summed E-state index contributed by atoms with van der Waals surface area (Å²) < 4.78 is 27.7. The molecule has 2 fully saturated rings. The predicted molar refractivity (Wildman–Crippen MR) is 187 cm³/mol. The zero-order chi connectivity index (χ0) is 32.6. The topological polar surface area (TPSA) is 57.3 Å². The summed E-state index contributed by atoms with van der Waals surface area (Å²) >= 11 is 0. The van der Waals surface area contributed by atoms with Gasteiger partial charge in [-0.25, -0.2) is 4.39 Å². The Kier molecular flexibility index (Phi) is 8.43. The Morgan fingerprint density at radius 2 is 1.67 bits per heavy atom. The number of carbonyl (C=O) groups is 1. The standard InChI is InChI=1S/C40H43FN4O3/c1-47-32-9-11-34-38(23-32)48-26-35(28-5-3-2-4-6-28)39(34)29-7-12-37(36(41)22-29)45-15-13-27(14-16-45)25-43-17-19-44(20-18-43)31-8-10-33-30(21-31)24-42-40(33)46/h2-12,21-23,27,35,39H,13-20,24-26H2,1H3,(H,42,46). The Labute approximate surface area is 282 Å². The van der Waals surface area contributed by atoms with E-state index in [2.05, 4.69) is 68.5 Å². The first-order chi connectivity index (χ1) is 23.5. The van der Waals surface area contributed by atoms with Crippen LogP contribution in [0.5, 0.6) is 11.5 Å². The SMILES string of the molecule is COc1ccc2c(c1)OCC(c1ccccc1)C2c1ccc(N2CCC(CN3CCN(c4ccc5c(c4)CNC5=O)CC3)CC2)c(F)c1. The van der Waals surface area contributed by atoms with Crippen LogP contribution < -0.4 is 24.6 Å². The Balaban J connectivity index is 0.903. The van der Waals surface area contributed by atoms with Gasteiger partial charge < -0.3 is 24.6 Å². The third-order valence-electron chi connectivity index (χ3n) is 10.9. The van der Waals surface area contributed by atoms with Gasteiger partial charge in [-0.15, -0.1) is 0 Å². The molecule has 248 valence electrons. The van der Waals surface area contributed by atoms with Crippen LogP contribution in [0, 0.1) is 11.7 Å².